The fourth-order valence-corrected chi connectivity index (χ4v) is 0.958. The summed E-state index contributed by atoms with van der Waals surface area (Å²) in [6.45, 7) is 6.02. The second kappa shape index (κ2) is 3.94. The Morgan fingerprint density at radius 1 is 1.62 bits per heavy atom. The normalized spacial score (nSPS) is 9.69. The van der Waals surface area contributed by atoms with Crippen molar-refractivity contribution in [1.29, 1.82) is 0 Å². The Morgan fingerprint density at radius 3 is 2.85 bits per heavy atom. The first kappa shape index (κ1) is 9.58. The van der Waals surface area contributed by atoms with Crippen LogP contribution in [0.4, 0.5) is 10.1 Å². The van der Waals surface area contributed by atoms with Crippen molar-refractivity contribution in [2.75, 3.05) is 12.3 Å². The van der Waals surface area contributed by atoms with Crippen LogP contribution in [0.2, 0.25) is 0 Å². The summed E-state index contributed by atoms with van der Waals surface area (Å²) >= 11 is 0. The van der Waals surface area contributed by atoms with Gasteiger partial charge in [0.25, 0.3) is 0 Å². The smallest absolute Gasteiger partial charge is 0.146 e. The lowest BCUT2D eigenvalue weighted by Gasteiger charge is -2.07. The Hall–Kier alpha value is -1.51. The average molecular weight is 181 g/mol. The van der Waals surface area contributed by atoms with Gasteiger partial charge in [0, 0.05) is 5.56 Å². The van der Waals surface area contributed by atoms with Crippen LogP contribution in [0.5, 0.6) is 0 Å². The summed E-state index contributed by atoms with van der Waals surface area (Å²) in [7, 11) is 0. The molecular weight excluding hydrogens is 169 g/mol. The second-order valence-electron chi connectivity index (χ2n) is 2.59. The zero-order valence-electron chi connectivity index (χ0n) is 7.51. The standard InChI is InChI=1S/C10H12FNO/c1-3-13-7(2)8-4-5-10(12)9(11)6-8/h4-6H,2-3,12H2,1H3. The SMILES string of the molecule is C=C(OCC)c1ccc(N)c(F)c1. The predicted molar refractivity (Wildman–Crippen MR) is 51.5 cm³/mol. The molecule has 0 radical (unpaired) electrons. The van der Waals surface area contributed by atoms with Gasteiger partial charge in [-0.2, -0.15) is 0 Å². The molecule has 0 atom stereocenters. The van der Waals surface area contributed by atoms with Crippen molar-refractivity contribution in [2.45, 2.75) is 6.92 Å². The summed E-state index contributed by atoms with van der Waals surface area (Å²) in [4.78, 5) is 0. The van der Waals surface area contributed by atoms with E-state index in [0.29, 0.717) is 17.9 Å². The molecule has 0 aliphatic rings. The molecule has 0 spiro atoms. The van der Waals surface area contributed by atoms with E-state index in [0.717, 1.165) is 0 Å². The van der Waals surface area contributed by atoms with Crippen molar-refractivity contribution < 1.29 is 9.13 Å². The Bertz CT molecular complexity index is 323. The van der Waals surface area contributed by atoms with Gasteiger partial charge in [-0.3, -0.25) is 0 Å². The van der Waals surface area contributed by atoms with Crippen LogP contribution in [0, 0.1) is 5.82 Å². The average Bonchev–Trinajstić information content (AvgIpc) is 2.10. The molecule has 1 aromatic carbocycles. The van der Waals surface area contributed by atoms with Crippen LogP contribution in [-0.4, -0.2) is 6.61 Å². The first-order valence-corrected chi connectivity index (χ1v) is 4.02. The first-order valence-electron chi connectivity index (χ1n) is 4.02. The summed E-state index contributed by atoms with van der Waals surface area (Å²) in [5, 5.41) is 0. The van der Waals surface area contributed by atoms with Crippen molar-refractivity contribution in [1.82, 2.24) is 0 Å². The fourth-order valence-electron chi connectivity index (χ4n) is 0.958. The molecule has 1 rings (SSSR count). The number of hydrogen-bond donors (Lipinski definition) is 1. The third-order valence-corrected chi connectivity index (χ3v) is 1.64. The molecule has 0 saturated carbocycles. The number of anilines is 1. The predicted octanol–water partition coefficient (Wildman–Crippen LogP) is 2.42. The van der Waals surface area contributed by atoms with E-state index in [1.807, 2.05) is 6.92 Å². The molecule has 0 amide bonds. The molecule has 0 unspecified atom stereocenters. The minimum Gasteiger partial charge on any atom is -0.494 e. The molecule has 0 saturated heterocycles. The molecule has 0 bridgehead atoms. The monoisotopic (exact) mass is 181 g/mol. The maximum Gasteiger partial charge on any atom is 0.146 e. The number of halogens is 1. The van der Waals surface area contributed by atoms with Gasteiger partial charge in [-0.15, -0.1) is 0 Å². The Labute approximate surface area is 76.8 Å². The highest BCUT2D eigenvalue weighted by Gasteiger charge is 2.03. The van der Waals surface area contributed by atoms with Gasteiger partial charge in [-0.25, -0.2) is 4.39 Å². The van der Waals surface area contributed by atoms with E-state index in [2.05, 4.69) is 6.58 Å². The van der Waals surface area contributed by atoms with Gasteiger partial charge in [-0.1, -0.05) is 6.58 Å². The van der Waals surface area contributed by atoms with E-state index in [9.17, 15) is 4.39 Å². The van der Waals surface area contributed by atoms with E-state index in [-0.39, 0.29) is 5.69 Å². The molecule has 0 aliphatic heterocycles. The number of hydrogen-bond acceptors (Lipinski definition) is 2. The van der Waals surface area contributed by atoms with Crippen LogP contribution in [-0.2, 0) is 4.74 Å². The first-order chi connectivity index (χ1) is 6.15. The van der Waals surface area contributed by atoms with E-state index >= 15 is 0 Å². The van der Waals surface area contributed by atoms with Gasteiger partial charge < -0.3 is 10.5 Å². The molecule has 0 aliphatic carbocycles. The molecule has 0 heterocycles. The number of ether oxygens (including phenoxy) is 1. The van der Waals surface area contributed by atoms with Crippen LogP contribution in [0.3, 0.4) is 0 Å². The lowest BCUT2D eigenvalue weighted by molar-refractivity contribution is 0.299. The molecule has 2 nitrogen and oxygen atoms in total. The van der Waals surface area contributed by atoms with Crippen LogP contribution in [0.25, 0.3) is 5.76 Å². The van der Waals surface area contributed by atoms with Gasteiger partial charge in [0.2, 0.25) is 0 Å². The largest absolute Gasteiger partial charge is 0.494 e. The summed E-state index contributed by atoms with van der Waals surface area (Å²) in [6, 6.07) is 4.48. The molecular formula is C10H12FNO. The zero-order chi connectivity index (χ0) is 9.84. The molecule has 0 fully saturated rings. The van der Waals surface area contributed by atoms with Gasteiger partial charge in [0.05, 0.1) is 12.3 Å². The van der Waals surface area contributed by atoms with Crippen molar-refractivity contribution in [2.24, 2.45) is 0 Å². The van der Waals surface area contributed by atoms with Crippen molar-refractivity contribution in [3.8, 4) is 0 Å². The van der Waals surface area contributed by atoms with E-state index in [1.165, 1.54) is 12.1 Å². The molecule has 13 heavy (non-hydrogen) atoms. The molecule has 1 aromatic rings. The number of nitrogens with two attached hydrogens (primary N) is 1. The van der Waals surface area contributed by atoms with Crippen LogP contribution in [0.1, 0.15) is 12.5 Å². The Balaban J connectivity index is 2.90. The summed E-state index contributed by atoms with van der Waals surface area (Å²) in [6.07, 6.45) is 0. The third kappa shape index (κ3) is 2.21. The second-order valence-corrected chi connectivity index (χ2v) is 2.59. The van der Waals surface area contributed by atoms with Gasteiger partial charge in [-0.05, 0) is 25.1 Å². The quantitative estimate of drug-likeness (QED) is 0.574. The zero-order valence-corrected chi connectivity index (χ0v) is 7.51. The maximum atomic E-state index is 13.0. The minimum atomic E-state index is -0.446. The van der Waals surface area contributed by atoms with Gasteiger partial charge in [0.15, 0.2) is 0 Å². The van der Waals surface area contributed by atoms with Crippen LogP contribution >= 0.6 is 0 Å². The molecule has 70 valence electrons. The number of benzene rings is 1. The minimum absolute atomic E-state index is 0.132. The van der Waals surface area contributed by atoms with Crippen LogP contribution in [0.15, 0.2) is 24.8 Å². The van der Waals surface area contributed by atoms with E-state index in [4.69, 9.17) is 10.5 Å². The lowest BCUT2D eigenvalue weighted by Crippen LogP contribution is -1.94. The van der Waals surface area contributed by atoms with Gasteiger partial charge >= 0.3 is 0 Å². The summed E-state index contributed by atoms with van der Waals surface area (Å²) in [5.41, 5.74) is 6.07. The Kier molecular flexibility index (Phi) is 2.90. The van der Waals surface area contributed by atoms with Gasteiger partial charge in [0.1, 0.15) is 11.6 Å². The highest BCUT2D eigenvalue weighted by molar-refractivity contribution is 5.60. The molecule has 3 heteroatoms. The highest BCUT2D eigenvalue weighted by atomic mass is 19.1. The fraction of sp³-hybridized carbons (Fsp3) is 0.200. The summed E-state index contributed by atoms with van der Waals surface area (Å²) in [5.74, 6) is 0.0137. The highest BCUT2D eigenvalue weighted by Crippen LogP contribution is 2.18. The van der Waals surface area contributed by atoms with Crippen molar-refractivity contribution in [3.63, 3.8) is 0 Å². The van der Waals surface area contributed by atoms with Crippen molar-refractivity contribution in [3.05, 3.63) is 36.2 Å². The van der Waals surface area contributed by atoms with E-state index in [1.54, 1.807) is 6.07 Å². The number of rotatable bonds is 3. The Morgan fingerprint density at radius 2 is 2.31 bits per heavy atom. The molecule has 2 N–H and O–H groups in total. The topological polar surface area (TPSA) is 35.2 Å². The number of nitrogen functional groups attached to an aromatic ring is 1. The van der Waals surface area contributed by atoms with E-state index < -0.39 is 5.82 Å². The summed E-state index contributed by atoms with van der Waals surface area (Å²) < 4.78 is 18.1. The van der Waals surface area contributed by atoms with Crippen molar-refractivity contribution >= 4 is 11.4 Å². The lowest BCUT2D eigenvalue weighted by atomic mass is 10.2. The maximum absolute atomic E-state index is 13.0. The molecule has 0 aromatic heterocycles. The van der Waals surface area contributed by atoms with Crippen LogP contribution < -0.4 is 5.73 Å². The third-order valence-electron chi connectivity index (χ3n) is 1.64.